The molecule has 1 unspecified atom stereocenters. The summed E-state index contributed by atoms with van der Waals surface area (Å²) in [6.45, 7) is 6.43. The third-order valence-corrected chi connectivity index (χ3v) is 8.44. The zero-order valence-corrected chi connectivity index (χ0v) is 20.3. The van der Waals surface area contributed by atoms with Gasteiger partial charge in [0.15, 0.2) is 0 Å². The SMILES string of the molecule is COC(=O)N1[C@H](C)C[C@H](NS(C)(=O)=O)[C@@H]1CO[C@H]1CC[C@]2(c3ncc(C)cn3)C(C1)[C@@H]2C. The summed E-state index contributed by atoms with van der Waals surface area (Å²) in [5, 5.41) is 0. The number of fused-ring (bicyclic) bond motifs is 1. The number of likely N-dealkylation sites (tertiary alicyclic amines) is 1. The Hall–Kier alpha value is -1.78. The van der Waals surface area contributed by atoms with E-state index in [-0.39, 0.29) is 24.2 Å². The number of rotatable bonds is 6. The molecule has 3 aliphatic rings. The molecule has 2 saturated carbocycles. The van der Waals surface area contributed by atoms with E-state index < -0.39 is 28.2 Å². The van der Waals surface area contributed by atoms with Gasteiger partial charge in [-0.25, -0.2) is 27.9 Å². The number of hydrogen-bond acceptors (Lipinski definition) is 7. The molecule has 1 aliphatic heterocycles. The predicted octanol–water partition coefficient (Wildman–Crippen LogP) is 2.00. The van der Waals surface area contributed by atoms with Crippen molar-refractivity contribution in [3.05, 3.63) is 23.8 Å². The van der Waals surface area contributed by atoms with Crippen molar-refractivity contribution in [1.29, 1.82) is 0 Å². The number of sulfonamides is 1. The van der Waals surface area contributed by atoms with Crippen molar-refractivity contribution in [1.82, 2.24) is 19.6 Å². The minimum atomic E-state index is -3.41. The second-order valence-corrected chi connectivity index (χ2v) is 11.6. The van der Waals surface area contributed by atoms with Gasteiger partial charge in [-0.05, 0) is 56.9 Å². The maximum Gasteiger partial charge on any atom is 0.410 e. The molecule has 1 saturated heterocycles. The van der Waals surface area contributed by atoms with Crippen LogP contribution in [0.4, 0.5) is 4.79 Å². The van der Waals surface area contributed by atoms with E-state index in [0.717, 1.165) is 36.9 Å². The Morgan fingerprint density at radius 3 is 2.56 bits per heavy atom. The number of carbonyl (C=O) groups excluding carboxylic acids is 1. The molecule has 32 heavy (non-hydrogen) atoms. The molecule has 4 rings (SSSR count). The molecule has 0 radical (unpaired) electrons. The highest BCUT2D eigenvalue weighted by molar-refractivity contribution is 7.88. The summed E-state index contributed by atoms with van der Waals surface area (Å²) >= 11 is 0. The van der Waals surface area contributed by atoms with E-state index in [9.17, 15) is 13.2 Å². The van der Waals surface area contributed by atoms with Gasteiger partial charge in [0.1, 0.15) is 5.82 Å². The minimum Gasteiger partial charge on any atom is -0.453 e. The summed E-state index contributed by atoms with van der Waals surface area (Å²) in [4.78, 5) is 23.2. The monoisotopic (exact) mass is 466 g/mol. The third-order valence-electron chi connectivity index (χ3n) is 7.71. The molecule has 1 amide bonds. The molecule has 1 aromatic rings. The van der Waals surface area contributed by atoms with Crippen LogP contribution in [-0.2, 0) is 24.9 Å². The van der Waals surface area contributed by atoms with Crippen LogP contribution in [0, 0.1) is 18.8 Å². The lowest BCUT2D eigenvalue weighted by molar-refractivity contribution is -0.0103. The number of aromatic nitrogens is 2. The Bertz CT molecular complexity index is 956. The zero-order chi connectivity index (χ0) is 23.3. The summed E-state index contributed by atoms with van der Waals surface area (Å²) in [6, 6.07) is -0.949. The molecule has 0 bridgehead atoms. The van der Waals surface area contributed by atoms with Gasteiger partial charge in [0, 0.05) is 29.9 Å². The second kappa shape index (κ2) is 8.53. The topological polar surface area (TPSA) is 111 Å². The summed E-state index contributed by atoms with van der Waals surface area (Å²) in [7, 11) is -2.07. The quantitative estimate of drug-likeness (QED) is 0.683. The van der Waals surface area contributed by atoms with Crippen LogP contribution in [0.2, 0.25) is 0 Å². The van der Waals surface area contributed by atoms with Crippen LogP contribution in [0.1, 0.15) is 50.9 Å². The molecular weight excluding hydrogens is 432 g/mol. The van der Waals surface area contributed by atoms with Crippen molar-refractivity contribution in [3.8, 4) is 0 Å². The fraction of sp³-hybridized carbons (Fsp3) is 0.773. The van der Waals surface area contributed by atoms with Gasteiger partial charge in [0.25, 0.3) is 0 Å². The fourth-order valence-electron chi connectivity index (χ4n) is 6.03. The van der Waals surface area contributed by atoms with Gasteiger partial charge in [-0.1, -0.05) is 6.92 Å². The van der Waals surface area contributed by atoms with Crippen LogP contribution in [0.5, 0.6) is 0 Å². The van der Waals surface area contributed by atoms with Crippen LogP contribution >= 0.6 is 0 Å². The number of amides is 1. The zero-order valence-electron chi connectivity index (χ0n) is 19.4. The molecule has 9 nitrogen and oxygen atoms in total. The number of hydrogen-bond donors (Lipinski definition) is 1. The molecular formula is C22H34N4O5S. The average molecular weight is 467 g/mol. The first-order valence-corrected chi connectivity index (χ1v) is 13.2. The Morgan fingerprint density at radius 1 is 1.28 bits per heavy atom. The molecule has 1 aromatic heterocycles. The van der Waals surface area contributed by atoms with Crippen LogP contribution in [0.25, 0.3) is 0 Å². The van der Waals surface area contributed by atoms with E-state index >= 15 is 0 Å². The molecule has 2 heterocycles. The lowest BCUT2D eigenvalue weighted by atomic mass is 9.85. The highest BCUT2D eigenvalue weighted by Crippen LogP contribution is 2.66. The van der Waals surface area contributed by atoms with Gasteiger partial charge in [0.2, 0.25) is 10.0 Å². The van der Waals surface area contributed by atoms with E-state index in [1.165, 1.54) is 7.11 Å². The van der Waals surface area contributed by atoms with Gasteiger partial charge in [-0.15, -0.1) is 0 Å². The number of methoxy groups -OCH3 is 1. The summed E-state index contributed by atoms with van der Waals surface area (Å²) in [5.74, 6) is 1.93. The number of aryl methyl sites for hydroxylation is 1. The molecule has 3 fully saturated rings. The summed E-state index contributed by atoms with van der Waals surface area (Å²) in [6.07, 6.45) is 7.83. The number of ether oxygens (including phenoxy) is 2. The van der Waals surface area contributed by atoms with Crippen LogP contribution < -0.4 is 4.72 Å². The Labute approximate surface area is 190 Å². The second-order valence-electron chi connectivity index (χ2n) is 9.78. The Kier molecular flexibility index (Phi) is 6.23. The Balaban J connectivity index is 1.42. The molecule has 10 heteroatoms. The highest BCUT2D eigenvalue weighted by atomic mass is 32.2. The van der Waals surface area contributed by atoms with Crippen LogP contribution in [-0.4, -0.2) is 73.6 Å². The van der Waals surface area contributed by atoms with E-state index in [1.54, 1.807) is 4.90 Å². The largest absolute Gasteiger partial charge is 0.453 e. The summed E-state index contributed by atoms with van der Waals surface area (Å²) in [5.41, 5.74) is 1.11. The van der Waals surface area contributed by atoms with Crippen molar-refractivity contribution in [2.24, 2.45) is 11.8 Å². The maximum atomic E-state index is 12.4. The average Bonchev–Trinajstić information content (AvgIpc) is 3.20. The maximum absolute atomic E-state index is 12.4. The van der Waals surface area contributed by atoms with Crippen molar-refractivity contribution in [2.75, 3.05) is 20.0 Å². The van der Waals surface area contributed by atoms with Gasteiger partial charge in [-0.2, -0.15) is 0 Å². The third kappa shape index (κ3) is 4.24. The number of carbonyl (C=O) groups is 1. The predicted molar refractivity (Wildman–Crippen MR) is 119 cm³/mol. The number of nitrogens with zero attached hydrogens (tertiary/aromatic N) is 3. The molecule has 178 valence electrons. The van der Waals surface area contributed by atoms with E-state index in [4.69, 9.17) is 9.47 Å². The van der Waals surface area contributed by atoms with E-state index in [0.29, 0.717) is 18.3 Å². The molecule has 0 spiro atoms. The Morgan fingerprint density at radius 2 is 1.97 bits per heavy atom. The molecule has 1 N–H and O–H groups in total. The van der Waals surface area contributed by atoms with Crippen LogP contribution in [0.3, 0.4) is 0 Å². The smallest absolute Gasteiger partial charge is 0.410 e. The lowest BCUT2D eigenvalue weighted by Gasteiger charge is -2.32. The first-order chi connectivity index (χ1) is 15.1. The van der Waals surface area contributed by atoms with Gasteiger partial charge in [0.05, 0.1) is 32.1 Å². The van der Waals surface area contributed by atoms with Crippen molar-refractivity contribution < 1.29 is 22.7 Å². The van der Waals surface area contributed by atoms with Crippen molar-refractivity contribution >= 4 is 16.1 Å². The molecule has 2 aliphatic carbocycles. The molecule has 7 atom stereocenters. The van der Waals surface area contributed by atoms with E-state index in [2.05, 4.69) is 21.6 Å². The van der Waals surface area contributed by atoms with Crippen molar-refractivity contribution in [2.45, 2.75) is 76.1 Å². The normalized spacial score (nSPS) is 36.6. The molecule has 0 aromatic carbocycles. The first kappa shape index (κ1) is 23.4. The van der Waals surface area contributed by atoms with Crippen molar-refractivity contribution in [3.63, 3.8) is 0 Å². The highest BCUT2D eigenvalue weighted by Gasteiger charge is 2.66. The lowest BCUT2D eigenvalue weighted by Crippen LogP contribution is -2.50. The fourth-order valence-corrected chi connectivity index (χ4v) is 6.84. The van der Waals surface area contributed by atoms with Gasteiger partial charge in [-0.3, -0.25) is 4.90 Å². The van der Waals surface area contributed by atoms with Gasteiger partial charge >= 0.3 is 6.09 Å². The van der Waals surface area contributed by atoms with Gasteiger partial charge < -0.3 is 9.47 Å². The number of nitrogens with one attached hydrogen (secondary N) is 1. The van der Waals surface area contributed by atoms with Crippen LogP contribution in [0.15, 0.2) is 12.4 Å². The standard InChI is InChI=1S/C22H34N4O5S/c1-13-10-23-20(24-11-13)22-7-6-16(9-17(22)15(22)3)31-12-19-18(25-32(5,28)29)8-14(2)26(19)21(27)30-4/h10-11,14-19,25H,6-9,12H2,1-5H3/t14-,15+,16+,17?,18+,19+,22-/m1/s1. The first-order valence-electron chi connectivity index (χ1n) is 11.3. The summed E-state index contributed by atoms with van der Waals surface area (Å²) < 4.78 is 37.7. The van der Waals surface area contributed by atoms with E-state index in [1.807, 2.05) is 26.2 Å². The minimum absolute atomic E-state index is 0.0495.